The van der Waals surface area contributed by atoms with Crippen LogP contribution in [0.1, 0.15) is 52.4 Å². The third-order valence-electron chi connectivity index (χ3n) is 1.93. The second-order valence-corrected chi connectivity index (χ2v) is 3.42. The van der Waals surface area contributed by atoms with Crippen molar-refractivity contribution in [1.29, 1.82) is 0 Å². The lowest BCUT2D eigenvalue weighted by molar-refractivity contribution is -0.137. The summed E-state index contributed by atoms with van der Waals surface area (Å²) in [5.41, 5.74) is 0. The fourth-order valence-electron chi connectivity index (χ4n) is 1.12. The molecule has 0 aliphatic heterocycles. The molecule has 0 aromatic heterocycles. The summed E-state index contributed by atoms with van der Waals surface area (Å²) >= 11 is 0. The molecule has 0 aliphatic rings. The number of rotatable bonds is 8. The van der Waals surface area contributed by atoms with E-state index in [0.29, 0.717) is 6.61 Å². The van der Waals surface area contributed by atoms with E-state index in [4.69, 9.17) is 4.74 Å². The number of carbonyl (C=O) groups is 1. The molecule has 0 bridgehead atoms. The van der Waals surface area contributed by atoms with E-state index in [9.17, 15) is 4.79 Å². The van der Waals surface area contributed by atoms with Gasteiger partial charge in [0.1, 0.15) is 0 Å². The summed E-state index contributed by atoms with van der Waals surface area (Å²) in [7, 11) is 0. The van der Waals surface area contributed by atoms with Gasteiger partial charge in [-0.05, 0) is 19.3 Å². The number of esters is 1. The second-order valence-electron chi connectivity index (χ2n) is 3.42. The fraction of sp³-hybridized carbons (Fsp3) is 0.750. The highest BCUT2D eigenvalue weighted by Crippen LogP contribution is 2.02. The van der Waals surface area contributed by atoms with E-state index in [1.54, 1.807) is 6.08 Å². The summed E-state index contributed by atoms with van der Waals surface area (Å²) in [5.74, 6) is -0.206. The lowest BCUT2D eigenvalue weighted by atomic mass is 10.1. The Balaban J connectivity index is 3.28. The van der Waals surface area contributed by atoms with Gasteiger partial charge in [0, 0.05) is 6.08 Å². The van der Waals surface area contributed by atoms with Crippen molar-refractivity contribution in [3.8, 4) is 0 Å². The van der Waals surface area contributed by atoms with Crippen LogP contribution in [0.3, 0.4) is 0 Å². The third-order valence-corrected chi connectivity index (χ3v) is 1.93. The topological polar surface area (TPSA) is 26.3 Å². The molecule has 0 aromatic rings. The molecule has 0 atom stereocenters. The molecule has 14 heavy (non-hydrogen) atoms. The molecule has 0 radical (unpaired) electrons. The molecule has 0 heterocycles. The molecule has 2 nitrogen and oxygen atoms in total. The molecule has 0 fully saturated rings. The molecule has 0 aromatic carbocycles. The fourth-order valence-corrected chi connectivity index (χ4v) is 1.12. The maximum Gasteiger partial charge on any atom is 0.330 e. The van der Waals surface area contributed by atoms with Gasteiger partial charge in [0.05, 0.1) is 6.61 Å². The molecule has 2 heteroatoms. The molecule has 0 saturated carbocycles. The Morgan fingerprint density at radius 2 is 1.93 bits per heavy atom. The molecule has 0 N–H and O–H groups in total. The first-order chi connectivity index (χ1) is 6.81. The van der Waals surface area contributed by atoms with Crippen molar-refractivity contribution < 1.29 is 9.53 Å². The normalized spacial score (nSPS) is 10.7. The lowest BCUT2D eigenvalue weighted by Crippen LogP contribution is -2.00. The van der Waals surface area contributed by atoms with E-state index in [1.165, 1.54) is 25.7 Å². The molecule has 82 valence electrons. The predicted octanol–water partition coefficient (Wildman–Crippen LogP) is 3.47. The quantitative estimate of drug-likeness (QED) is 0.339. The maximum absolute atomic E-state index is 11.0. The summed E-state index contributed by atoms with van der Waals surface area (Å²) in [6, 6.07) is 0. The van der Waals surface area contributed by atoms with Crippen molar-refractivity contribution in [3.63, 3.8) is 0 Å². The van der Waals surface area contributed by atoms with Crippen LogP contribution in [0.15, 0.2) is 12.2 Å². The van der Waals surface area contributed by atoms with Gasteiger partial charge in [-0.25, -0.2) is 4.79 Å². The number of unbranched alkanes of at least 4 members (excludes halogenated alkanes) is 4. The first-order valence-corrected chi connectivity index (χ1v) is 5.64. The monoisotopic (exact) mass is 198 g/mol. The van der Waals surface area contributed by atoms with Crippen LogP contribution in [0, 0.1) is 0 Å². The Bertz CT molecular complexity index is 162. The highest BCUT2D eigenvalue weighted by Gasteiger charge is 1.93. The van der Waals surface area contributed by atoms with Crippen molar-refractivity contribution in [3.05, 3.63) is 12.2 Å². The molecule has 0 spiro atoms. The Kier molecular flexibility index (Phi) is 9.71. The van der Waals surface area contributed by atoms with E-state index < -0.39 is 0 Å². The van der Waals surface area contributed by atoms with Crippen molar-refractivity contribution in [2.24, 2.45) is 0 Å². The van der Waals surface area contributed by atoms with Crippen LogP contribution in [0.5, 0.6) is 0 Å². The van der Waals surface area contributed by atoms with Crippen LogP contribution in [0.4, 0.5) is 0 Å². The second kappa shape index (κ2) is 10.3. The molecular weight excluding hydrogens is 176 g/mol. The summed E-state index contributed by atoms with van der Waals surface area (Å²) in [5, 5.41) is 0. The predicted molar refractivity (Wildman–Crippen MR) is 59.1 cm³/mol. The zero-order chi connectivity index (χ0) is 10.6. The van der Waals surface area contributed by atoms with Gasteiger partial charge in [-0.1, -0.05) is 39.2 Å². The van der Waals surface area contributed by atoms with Crippen molar-refractivity contribution in [2.75, 3.05) is 6.61 Å². The number of hydrogen-bond donors (Lipinski definition) is 0. The summed E-state index contributed by atoms with van der Waals surface area (Å²) in [6.45, 7) is 4.71. The zero-order valence-electron chi connectivity index (χ0n) is 9.42. The van der Waals surface area contributed by atoms with Crippen molar-refractivity contribution in [1.82, 2.24) is 0 Å². The van der Waals surface area contributed by atoms with Gasteiger partial charge >= 0.3 is 5.97 Å². The van der Waals surface area contributed by atoms with Gasteiger partial charge in [0.2, 0.25) is 0 Å². The number of hydrogen-bond acceptors (Lipinski definition) is 2. The summed E-state index contributed by atoms with van der Waals surface area (Å²) < 4.78 is 4.89. The lowest BCUT2D eigenvalue weighted by Gasteiger charge is -1.97. The van der Waals surface area contributed by atoms with E-state index in [1.807, 2.05) is 13.0 Å². The molecule has 0 amide bonds. The van der Waals surface area contributed by atoms with Crippen molar-refractivity contribution in [2.45, 2.75) is 52.4 Å². The van der Waals surface area contributed by atoms with Gasteiger partial charge < -0.3 is 4.74 Å². The molecular formula is C12H22O2. The summed E-state index contributed by atoms with van der Waals surface area (Å²) in [6.07, 6.45) is 10.3. The average Bonchev–Trinajstić information content (AvgIpc) is 2.20. The van der Waals surface area contributed by atoms with E-state index in [-0.39, 0.29) is 5.97 Å². The van der Waals surface area contributed by atoms with E-state index >= 15 is 0 Å². The van der Waals surface area contributed by atoms with Gasteiger partial charge in [-0.3, -0.25) is 0 Å². The summed E-state index contributed by atoms with van der Waals surface area (Å²) in [4.78, 5) is 11.0. The van der Waals surface area contributed by atoms with Crippen LogP contribution >= 0.6 is 0 Å². The molecule has 0 aliphatic carbocycles. The van der Waals surface area contributed by atoms with Crippen LogP contribution in [0.25, 0.3) is 0 Å². The first-order valence-electron chi connectivity index (χ1n) is 5.64. The molecule has 0 rings (SSSR count). The average molecular weight is 198 g/mol. The van der Waals surface area contributed by atoms with E-state index in [0.717, 1.165) is 12.8 Å². The van der Waals surface area contributed by atoms with Crippen LogP contribution in [0.2, 0.25) is 0 Å². The Morgan fingerprint density at radius 3 is 2.57 bits per heavy atom. The Morgan fingerprint density at radius 1 is 1.14 bits per heavy atom. The molecule has 0 unspecified atom stereocenters. The van der Waals surface area contributed by atoms with Crippen molar-refractivity contribution >= 4 is 5.97 Å². The van der Waals surface area contributed by atoms with E-state index in [2.05, 4.69) is 6.92 Å². The van der Waals surface area contributed by atoms with Crippen LogP contribution < -0.4 is 0 Å². The minimum Gasteiger partial charge on any atom is -0.463 e. The largest absolute Gasteiger partial charge is 0.463 e. The first kappa shape index (κ1) is 13.2. The van der Waals surface area contributed by atoms with Gasteiger partial charge in [0.15, 0.2) is 0 Å². The third kappa shape index (κ3) is 9.30. The SMILES string of the molecule is CCCCCC/C=C/C(=O)OCCC. The van der Waals surface area contributed by atoms with Crippen LogP contribution in [-0.2, 0) is 9.53 Å². The smallest absolute Gasteiger partial charge is 0.330 e. The Hall–Kier alpha value is -0.790. The zero-order valence-corrected chi connectivity index (χ0v) is 9.42. The van der Waals surface area contributed by atoms with Gasteiger partial charge in [0.25, 0.3) is 0 Å². The highest BCUT2D eigenvalue weighted by molar-refractivity contribution is 5.81. The standard InChI is InChI=1S/C12H22O2/c1-3-5-6-7-8-9-10-12(13)14-11-4-2/h9-10H,3-8,11H2,1-2H3/b10-9+. The minimum atomic E-state index is -0.206. The van der Waals surface area contributed by atoms with Gasteiger partial charge in [-0.15, -0.1) is 0 Å². The minimum absolute atomic E-state index is 0.206. The van der Waals surface area contributed by atoms with Crippen LogP contribution in [-0.4, -0.2) is 12.6 Å². The number of ether oxygens (including phenoxy) is 1. The Labute approximate surface area is 87.3 Å². The maximum atomic E-state index is 11.0. The molecule has 0 saturated heterocycles. The highest BCUT2D eigenvalue weighted by atomic mass is 16.5. The van der Waals surface area contributed by atoms with Gasteiger partial charge in [-0.2, -0.15) is 0 Å². The number of carbonyl (C=O) groups excluding carboxylic acids is 1. The number of allylic oxidation sites excluding steroid dienone is 1.